The summed E-state index contributed by atoms with van der Waals surface area (Å²) in [6.07, 6.45) is 5.61. The van der Waals surface area contributed by atoms with Crippen molar-refractivity contribution in [1.29, 1.82) is 0 Å². The molecule has 0 bridgehead atoms. The normalized spacial score (nSPS) is 31.2. The third-order valence-corrected chi connectivity index (χ3v) is 4.43. The number of nitrogens with zero attached hydrogens (tertiary/aromatic N) is 1. The molecule has 2 aliphatic rings. The summed E-state index contributed by atoms with van der Waals surface area (Å²) < 4.78 is 5.64. The van der Waals surface area contributed by atoms with E-state index in [9.17, 15) is 4.79 Å². The van der Waals surface area contributed by atoms with Gasteiger partial charge in [0.2, 0.25) is 5.91 Å². The van der Waals surface area contributed by atoms with Crippen molar-refractivity contribution in [2.75, 3.05) is 19.8 Å². The predicted molar refractivity (Wildman–Crippen MR) is 75.8 cm³/mol. The molecule has 2 fully saturated rings. The number of amides is 1. The first-order chi connectivity index (χ1) is 9.10. The molecule has 0 aromatic rings. The molecule has 0 radical (unpaired) electrons. The van der Waals surface area contributed by atoms with Gasteiger partial charge in [0.1, 0.15) is 0 Å². The van der Waals surface area contributed by atoms with Crippen LogP contribution in [0.1, 0.15) is 52.9 Å². The predicted octanol–water partition coefficient (Wildman–Crippen LogP) is 2.14. The van der Waals surface area contributed by atoms with Crippen LogP contribution in [-0.2, 0) is 9.53 Å². The van der Waals surface area contributed by atoms with Crippen molar-refractivity contribution in [3.63, 3.8) is 0 Å². The van der Waals surface area contributed by atoms with E-state index in [-0.39, 0.29) is 17.6 Å². The van der Waals surface area contributed by atoms with E-state index in [0.717, 1.165) is 44.9 Å². The minimum atomic E-state index is -0.366. The van der Waals surface area contributed by atoms with Gasteiger partial charge in [-0.3, -0.25) is 10.1 Å². The van der Waals surface area contributed by atoms with E-state index in [1.807, 2.05) is 11.8 Å². The van der Waals surface area contributed by atoms with E-state index in [0.29, 0.717) is 0 Å². The highest BCUT2D eigenvalue weighted by Crippen LogP contribution is 2.29. The van der Waals surface area contributed by atoms with Gasteiger partial charge in [0.15, 0.2) is 0 Å². The lowest BCUT2D eigenvalue weighted by atomic mass is 9.99. The molecular formula is C15H28N2O2. The van der Waals surface area contributed by atoms with Crippen LogP contribution in [0.5, 0.6) is 0 Å². The second-order valence-electron chi connectivity index (χ2n) is 6.12. The second-order valence-corrected chi connectivity index (χ2v) is 6.12. The minimum absolute atomic E-state index is 0.195. The van der Waals surface area contributed by atoms with Crippen molar-refractivity contribution in [2.24, 2.45) is 5.92 Å². The Morgan fingerprint density at radius 3 is 2.74 bits per heavy atom. The SMILES string of the molecule is CCC1NC(C)(CC)C(=O)N1CCCOCC1CC1. The van der Waals surface area contributed by atoms with E-state index in [1.165, 1.54) is 12.8 Å². The number of rotatable bonds is 8. The van der Waals surface area contributed by atoms with Crippen molar-refractivity contribution in [2.45, 2.75) is 64.6 Å². The van der Waals surface area contributed by atoms with Gasteiger partial charge in [-0.1, -0.05) is 13.8 Å². The van der Waals surface area contributed by atoms with Gasteiger partial charge >= 0.3 is 0 Å². The molecule has 2 unspecified atom stereocenters. The van der Waals surface area contributed by atoms with Crippen molar-refractivity contribution >= 4 is 5.91 Å². The van der Waals surface area contributed by atoms with Crippen LogP contribution in [0.3, 0.4) is 0 Å². The van der Waals surface area contributed by atoms with Gasteiger partial charge in [-0.25, -0.2) is 0 Å². The van der Waals surface area contributed by atoms with Gasteiger partial charge in [0, 0.05) is 19.8 Å². The Morgan fingerprint density at radius 1 is 1.42 bits per heavy atom. The van der Waals surface area contributed by atoms with E-state index in [4.69, 9.17) is 4.74 Å². The van der Waals surface area contributed by atoms with Crippen LogP contribution in [-0.4, -0.2) is 42.3 Å². The molecule has 0 aromatic heterocycles. The number of nitrogens with one attached hydrogen (secondary N) is 1. The Bertz CT molecular complexity index is 317. The number of hydrogen-bond acceptors (Lipinski definition) is 3. The zero-order chi connectivity index (χ0) is 13.9. The number of hydrogen-bond donors (Lipinski definition) is 1. The van der Waals surface area contributed by atoms with Crippen LogP contribution >= 0.6 is 0 Å². The summed E-state index contributed by atoms with van der Waals surface area (Å²) in [5.41, 5.74) is -0.366. The van der Waals surface area contributed by atoms with Crippen LogP contribution in [0.15, 0.2) is 0 Å². The fourth-order valence-corrected chi connectivity index (χ4v) is 2.67. The van der Waals surface area contributed by atoms with Crippen molar-refractivity contribution < 1.29 is 9.53 Å². The highest BCUT2D eigenvalue weighted by molar-refractivity contribution is 5.88. The maximum absolute atomic E-state index is 12.4. The molecule has 1 amide bonds. The van der Waals surface area contributed by atoms with Gasteiger partial charge < -0.3 is 9.64 Å². The lowest BCUT2D eigenvalue weighted by Gasteiger charge is -2.23. The first-order valence-corrected chi connectivity index (χ1v) is 7.77. The molecule has 110 valence electrons. The monoisotopic (exact) mass is 268 g/mol. The van der Waals surface area contributed by atoms with Crippen LogP contribution in [0.25, 0.3) is 0 Å². The number of carbonyl (C=O) groups excluding carboxylic acids is 1. The maximum atomic E-state index is 12.4. The highest BCUT2D eigenvalue weighted by atomic mass is 16.5. The smallest absolute Gasteiger partial charge is 0.243 e. The molecule has 2 atom stereocenters. The highest BCUT2D eigenvalue weighted by Gasteiger charge is 2.45. The zero-order valence-corrected chi connectivity index (χ0v) is 12.6. The van der Waals surface area contributed by atoms with Crippen LogP contribution in [0, 0.1) is 5.92 Å². The quantitative estimate of drug-likeness (QED) is 0.686. The standard InChI is InChI=1S/C15H28N2O2/c1-4-13-16-15(3,5-2)14(18)17(13)9-6-10-19-11-12-7-8-12/h12-13,16H,4-11H2,1-3H3. The molecule has 4 heteroatoms. The van der Waals surface area contributed by atoms with E-state index >= 15 is 0 Å². The third kappa shape index (κ3) is 3.48. The summed E-state index contributed by atoms with van der Waals surface area (Å²) >= 11 is 0. The zero-order valence-electron chi connectivity index (χ0n) is 12.6. The van der Waals surface area contributed by atoms with Crippen LogP contribution in [0.4, 0.5) is 0 Å². The van der Waals surface area contributed by atoms with Crippen molar-refractivity contribution in [3.8, 4) is 0 Å². The molecule has 1 saturated carbocycles. The van der Waals surface area contributed by atoms with Gasteiger partial charge in [-0.05, 0) is 44.9 Å². The Morgan fingerprint density at radius 2 is 2.16 bits per heavy atom. The summed E-state index contributed by atoms with van der Waals surface area (Å²) in [5.74, 6) is 1.07. The molecule has 1 aliphatic carbocycles. The largest absolute Gasteiger partial charge is 0.381 e. The first-order valence-electron chi connectivity index (χ1n) is 7.77. The lowest BCUT2D eigenvalue weighted by Crippen LogP contribution is -2.43. The Balaban J connectivity index is 1.74. The Kier molecular flexibility index (Phi) is 4.85. The van der Waals surface area contributed by atoms with Crippen molar-refractivity contribution in [3.05, 3.63) is 0 Å². The van der Waals surface area contributed by atoms with Gasteiger partial charge in [-0.2, -0.15) is 0 Å². The summed E-state index contributed by atoms with van der Waals surface area (Å²) in [5, 5.41) is 3.47. The third-order valence-electron chi connectivity index (χ3n) is 4.43. The molecular weight excluding hydrogens is 240 g/mol. The van der Waals surface area contributed by atoms with Crippen LogP contribution in [0.2, 0.25) is 0 Å². The molecule has 0 spiro atoms. The lowest BCUT2D eigenvalue weighted by molar-refractivity contribution is -0.133. The van der Waals surface area contributed by atoms with E-state index in [2.05, 4.69) is 19.2 Å². The molecule has 1 aliphatic heterocycles. The molecule has 4 nitrogen and oxygen atoms in total. The van der Waals surface area contributed by atoms with E-state index in [1.54, 1.807) is 0 Å². The Hall–Kier alpha value is -0.610. The molecule has 1 heterocycles. The molecule has 0 aromatic carbocycles. The molecule has 1 N–H and O–H groups in total. The average Bonchev–Trinajstić information content (AvgIpc) is 3.20. The molecule has 1 saturated heterocycles. The van der Waals surface area contributed by atoms with Crippen molar-refractivity contribution in [1.82, 2.24) is 10.2 Å². The minimum Gasteiger partial charge on any atom is -0.381 e. The maximum Gasteiger partial charge on any atom is 0.243 e. The topological polar surface area (TPSA) is 41.6 Å². The Labute approximate surface area is 116 Å². The fraction of sp³-hybridized carbons (Fsp3) is 0.933. The number of carbonyl (C=O) groups is 1. The summed E-state index contributed by atoms with van der Waals surface area (Å²) in [4.78, 5) is 14.4. The molecule has 19 heavy (non-hydrogen) atoms. The van der Waals surface area contributed by atoms with Gasteiger partial charge in [0.25, 0.3) is 0 Å². The summed E-state index contributed by atoms with van der Waals surface area (Å²) in [6.45, 7) is 8.71. The van der Waals surface area contributed by atoms with Gasteiger partial charge in [-0.15, -0.1) is 0 Å². The van der Waals surface area contributed by atoms with Crippen LogP contribution < -0.4 is 5.32 Å². The van der Waals surface area contributed by atoms with Gasteiger partial charge in [0.05, 0.1) is 11.7 Å². The fourth-order valence-electron chi connectivity index (χ4n) is 2.67. The first kappa shape index (κ1) is 14.8. The molecule has 2 rings (SSSR count). The van der Waals surface area contributed by atoms with E-state index < -0.39 is 0 Å². The second kappa shape index (κ2) is 6.23. The number of ether oxygens (including phenoxy) is 1. The summed E-state index contributed by atoms with van der Waals surface area (Å²) in [6, 6.07) is 0. The average molecular weight is 268 g/mol. The summed E-state index contributed by atoms with van der Waals surface area (Å²) in [7, 11) is 0.